The van der Waals surface area contributed by atoms with Crippen LogP contribution in [-0.2, 0) is 9.53 Å². The van der Waals surface area contributed by atoms with Crippen LogP contribution in [0, 0.1) is 0 Å². The lowest BCUT2D eigenvalue weighted by Gasteiger charge is -2.41. The third-order valence-corrected chi connectivity index (χ3v) is 3.48. The molecule has 1 unspecified atom stereocenters. The van der Waals surface area contributed by atoms with E-state index in [9.17, 15) is 30.0 Å². The average Bonchev–Trinajstić information content (AvgIpc) is 2.51. The van der Waals surface area contributed by atoms with E-state index >= 15 is 0 Å². The van der Waals surface area contributed by atoms with Crippen molar-refractivity contribution in [2.24, 2.45) is 5.73 Å². The summed E-state index contributed by atoms with van der Waals surface area (Å²) in [7, 11) is 0. The highest BCUT2D eigenvalue weighted by molar-refractivity contribution is 5.74. The van der Waals surface area contributed by atoms with Crippen LogP contribution in [0.25, 0.3) is 0 Å². The first kappa shape index (κ1) is 19.5. The van der Waals surface area contributed by atoms with Gasteiger partial charge in [-0.1, -0.05) is 0 Å². The highest BCUT2D eigenvalue weighted by atomic mass is 16.6. The molecule has 11 nitrogen and oxygen atoms in total. The summed E-state index contributed by atoms with van der Waals surface area (Å²) in [5, 5.41) is 51.7. The fourth-order valence-electron chi connectivity index (χ4n) is 1.96. The van der Waals surface area contributed by atoms with E-state index in [1.165, 1.54) is 0 Å². The predicted octanol–water partition coefficient (Wildman–Crippen LogP) is -3.72. The molecular weight excluding hydrogens is 314 g/mol. The standard InChI is InChI=1S/C12H23N3O8/c13-6(10(19)20)2-1-3-14-11(21)15-5-12(22)9(18)8(17)7(16)4-23-12/h6-9,16-18,22H,1-5,13H2,(H,19,20)(H2,14,15,21)/t6?,7-,8-,9+,12-/m0/s1. The van der Waals surface area contributed by atoms with Gasteiger partial charge in [0.1, 0.15) is 24.4 Å². The maximum atomic E-state index is 11.5. The molecule has 9 N–H and O–H groups in total. The van der Waals surface area contributed by atoms with Gasteiger partial charge in [0.05, 0.1) is 13.2 Å². The highest BCUT2D eigenvalue weighted by Gasteiger charge is 2.48. The first-order chi connectivity index (χ1) is 10.7. The topological polar surface area (TPSA) is 195 Å². The third kappa shape index (κ3) is 5.57. The van der Waals surface area contributed by atoms with Crippen molar-refractivity contribution in [2.45, 2.75) is 43.0 Å². The van der Waals surface area contributed by atoms with Gasteiger partial charge in [-0.05, 0) is 12.8 Å². The zero-order valence-corrected chi connectivity index (χ0v) is 12.4. The van der Waals surface area contributed by atoms with Crippen molar-refractivity contribution in [3.05, 3.63) is 0 Å². The molecule has 0 aromatic heterocycles. The van der Waals surface area contributed by atoms with E-state index in [4.69, 9.17) is 15.6 Å². The van der Waals surface area contributed by atoms with Gasteiger partial charge in [0.15, 0.2) is 0 Å². The molecule has 0 spiro atoms. The van der Waals surface area contributed by atoms with Crippen LogP contribution in [0.4, 0.5) is 4.79 Å². The molecular formula is C12H23N3O8. The Kier molecular flexibility index (Phi) is 7.12. The molecule has 1 aliphatic heterocycles. The number of carbonyl (C=O) groups excluding carboxylic acids is 1. The molecule has 1 heterocycles. The number of carboxylic acid groups (broad SMARTS) is 1. The molecule has 134 valence electrons. The molecule has 5 atom stereocenters. The molecule has 0 aromatic rings. The van der Waals surface area contributed by atoms with E-state index in [2.05, 4.69) is 10.6 Å². The van der Waals surface area contributed by atoms with Crippen LogP contribution in [0.2, 0.25) is 0 Å². The molecule has 1 aliphatic rings. The predicted molar refractivity (Wildman–Crippen MR) is 75.2 cm³/mol. The number of ether oxygens (including phenoxy) is 1. The van der Waals surface area contributed by atoms with Gasteiger partial charge < -0.3 is 46.6 Å². The minimum absolute atomic E-state index is 0.163. The van der Waals surface area contributed by atoms with E-state index in [1.54, 1.807) is 0 Å². The lowest BCUT2D eigenvalue weighted by Crippen LogP contribution is -2.65. The number of aliphatic hydroxyl groups is 4. The van der Waals surface area contributed by atoms with Crippen LogP contribution < -0.4 is 16.4 Å². The van der Waals surface area contributed by atoms with Gasteiger partial charge in [-0.15, -0.1) is 0 Å². The Morgan fingerprint density at radius 3 is 2.57 bits per heavy atom. The summed E-state index contributed by atoms with van der Waals surface area (Å²) in [6.45, 7) is -0.750. The maximum Gasteiger partial charge on any atom is 0.320 e. The van der Waals surface area contributed by atoms with E-state index in [0.29, 0.717) is 6.42 Å². The average molecular weight is 337 g/mol. The van der Waals surface area contributed by atoms with Crippen LogP contribution in [0.15, 0.2) is 0 Å². The lowest BCUT2D eigenvalue weighted by atomic mass is 9.97. The summed E-state index contributed by atoms with van der Waals surface area (Å²) in [6.07, 6.45) is -4.20. The van der Waals surface area contributed by atoms with Gasteiger partial charge in [0.2, 0.25) is 5.79 Å². The Bertz CT molecular complexity index is 423. The Labute approximate surface area is 132 Å². The van der Waals surface area contributed by atoms with Crippen LogP contribution in [0.5, 0.6) is 0 Å². The normalized spacial score (nSPS) is 32.1. The smallest absolute Gasteiger partial charge is 0.320 e. The zero-order valence-electron chi connectivity index (χ0n) is 12.4. The number of rotatable bonds is 7. The summed E-state index contributed by atoms with van der Waals surface area (Å²) >= 11 is 0. The minimum atomic E-state index is -2.22. The summed E-state index contributed by atoms with van der Waals surface area (Å²) in [4.78, 5) is 22.0. The number of carbonyl (C=O) groups is 2. The van der Waals surface area contributed by atoms with E-state index in [1.807, 2.05) is 0 Å². The summed E-state index contributed by atoms with van der Waals surface area (Å²) in [6, 6.07) is -1.68. The fourth-order valence-corrected chi connectivity index (χ4v) is 1.96. The van der Waals surface area contributed by atoms with Crippen molar-refractivity contribution < 1.29 is 39.9 Å². The van der Waals surface area contributed by atoms with Crippen LogP contribution >= 0.6 is 0 Å². The number of hydrogen-bond acceptors (Lipinski definition) is 8. The van der Waals surface area contributed by atoms with Gasteiger partial charge in [0, 0.05) is 6.54 Å². The number of carboxylic acids is 1. The fraction of sp³-hybridized carbons (Fsp3) is 0.833. The second kappa shape index (κ2) is 8.38. The second-order valence-electron chi connectivity index (χ2n) is 5.36. The molecule has 1 rings (SSSR count). The molecule has 23 heavy (non-hydrogen) atoms. The quantitative estimate of drug-likeness (QED) is 0.215. The number of nitrogens with one attached hydrogen (secondary N) is 2. The van der Waals surface area contributed by atoms with Gasteiger partial charge in [-0.2, -0.15) is 0 Å². The molecule has 0 saturated carbocycles. The largest absolute Gasteiger partial charge is 0.480 e. The monoisotopic (exact) mass is 337 g/mol. The SMILES string of the molecule is NC(CCCNC(=O)NC[C@]1(O)OC[C@H](O)[C@H](O)[C@H]1O)C(=O)O. The summed E-state index contributed by atoms with van der Waals surface area (Å²) in [5.41, 5.74) is 5.30. The van der Waals surface area contributed by atoms with Gasteiger partial charge in [0.25, 0.3) is 0 Å². The van der Waals surface area contributed by atoms with Crippen LogP contribution in [0.3, 0.4) is 0 Å². The Morgan fingerprint density at radius 1 is 1.30 bits per heavy atom. The third-order valence-electron chi connectivity index (χ3n) is 3.48. The molecule has 11 heteroatoms. The van der Waals surface area contributed by atoms with E-state index in [-0.39, 0.29) is 13.0 Å². The minimum Gasteiger partial charge on any atom is -0.480 e. The van der Waals surface area contributed by atoms with Crippen molar-refractivity contribution >= 4 is 12.0 Å². The zero-order chi connectivity index (χ0) is 17.6. The van der Waals surface area contributed by atoms with Crippen molar-refractivity contribution in [1.82, 2.24) is 10.6 Å². The van der Waals surface area contributed by atoms with Crippen molar-refractivity contribution in [3.8, 4) is 0 Å². The van der Waals surface area contributed by atoms with Crippen LogP contribution in [0.1, 0.15) is 12.8 Å². The molecule has 1 fully saturated rings. The molecule has 0 aliphatic carbocycles. The molecule has 1 saturated heterocycles. The summed E-state index contributed by atoms with van der Waals surface area (Å²) < 4.78 is 4.87. The molecule has 0 radical (unpaired) electrons. The lowest BCUT2D eigenvalue weighted by molar-refractivity contribution is -0.317. The van der Waals surface area contributed by atoms with Crippen molar-refractivity contribution in [3.63, 3.8) is 0 Å². The Morgan fingerprint density at radius 2 is 1.96 bits per heavy atom. The Hall–Kier alpha value is -1.50. The Balaban J connectivity index is 2.29. The maximum absolute atomic E-state index is 11.5. The van der Waals surface area contributed by atoms with Crippen molar-refractivity contribution in [1.29, 1.82) is 0 Å². The van der Waals surface area contributed by atoms with Gasteiger partial charge in [-0.25, -0.2) is 4.79 Å². The molecule has 2 amide bonds. The number of aliphatic hydroxyl groups excluding tert-OH is 3. The number of aliphatic carboxylic acids is 1. The summed E-state index contributed by atoms with van der Waals surface area (Å²) in [5.74, 6) is -3.34. The van der Waals surface area contributed by atoms with E-state index < -0.39 is 55.3 Å². The van der Waals surface area contributed by atoms with Gasteiger partial charge >= 0.3 is 12.0 Å². The van der Waals surface area contributed by atoms with Gasteiger partial charge in [-0.3, -0.25) is 4.79 Å². The second-order valence-corrected chi connectivity index (χ2v) is 5.36. The number of nitrogens with two attached hydrogens (primary N) is 1. The number of hydrogen-bond donors (Lipinski definition) is 8. The molecule has 0 aromatic carbocycles. The van der Waals surface area contributed by atoms with Crippen LogP contribution in [-0.4, -0.2) is 87.4 Å². The first-order valence-corrected chi connectivity index (χ1v) is 7.08. The highest BCUT2D eigenvalue weighted by Crippen LogP contribution is 2.23. The molecule has 0 bridgehead atoms. The first-order valence-electron chi connectivity index (χ1n) is 7.08. The van der Waals surface area contributed by atoms with E-state index in [0.717, 1.165) is 0 Å². The van der Waals surface area contributed by atoms with Crippen molar-refractivity contribution in [2.75, 3.05) is 19.7 Å². The number of urea groups is 1. The number of amides is 2.